The van der Waals surface area contributed by atoms with Gasteiger partial charge in [0.1, 0.15) is 10.9 Å². The molecule has 0 bridgehead atoms. The van der Waals surface area contributed by atoms with E-state index in [9.17, 15) is 22.8 Å². The molecular weight excluding hydrogens is 525 g/mol. The van der Waals surface area contributed by atoms with Crippen LogP contribution < -0.4 is 5.32 Å². The summed E-state index contributed by atoms with van der Waals surface area (Å²) in [5, 5.41) is 3.64. The molecule has 1 heterocycles. The molecular formula is C25H29Cl2N3O5S. The first kappa shape index (κ1) is 28.0. The van der Waals surface area contributed by atoms with E-state index >= 15 is 0 Å². The second-order valence-electron chi connectivity index (χ2n) is 8.45. The predicted octanol–water partition coefficient (Wildman–Crippen LogP) is 4.25. The molecule has 11 heteroatoms. The Bertz CT molecular complexity index is 1250. The van der Waals surface area contributed by atoms with Gasteiger partial charge in [-0.1, -0.05) is 61.7 Å². The monoisotopic (exact) mass is 553 g/mol. The molecule has 194 valence electrons. The van der Waals surface area contributed by atoms with Crippen LogP contribution in [0.2, 0.25) is 10.0 Å². The smallest absolute Gasteiger partial charge is 0.269 e. The lowest BCUT2D eigenvalue weighted by Gasteiger charge is -2.31. The summed E-state index contributed by atoms with van der Waals surface area (Å²) in [5.74, 6) is -1.45. The third-order valence-electron chi connectivity index (χ3n) is 6.01. The van der Waals surface area contributed by atoms with E-state index in [2.05, 4.69) is 5.32 Å². The molecule has 0 fully saturated rings. The molecule has 0 saturated heterocycles. The summed E-state index contributed by atoms with van der Waals surface area (Å²) in [6.07, 6.45) is 1.75. The van der Waals surface area contributed by atoms with Gasteiger partial charge >= 0.3 is 0 Å². The van der Waals surface area contributed by atoms with Crippen molar-refractivity contribution in [2.45, 2.75) is 57.0 Å². The van der Waals surface area contributed by atoms with Gasteiger partial charge in [0.2, 0.25) is 11.8 Å². The van der Waals surface area contributed by atoms with Gasteiger partial charge in [-0.15, -0.1) is 0 Å². The Morgan fingerprint density at radius 2 is 1.83 bits per heavy atom. The van der Waals surface area contributed by atoms with Gasteiger partial charge in [-0.3, -0.25) is 14.4 Å². The second kappa shape index (κ2) is 12.1. The van der Waals surface area contributed by atoms with E-state index in [1.54, 1.807) is 37.3 Å². The Morgan fingerprint density at radius 1 is 1.11 bits per heavy atom. The van der Waals surface area contributed by atoms with Gasteiger partial charge in [-0.2, -0.15) is 0 Å². The van der Waals surface area contributed by atoms with Gasteiger partial charge in [-0.25, -0.2) is 12.7 Å². The molecule has 0 radical (unpaired) electrons. The van der Waals surface area contributed by atoms with Crippen LogP contribution >= 0.6 is 23.2 Å². The fraction of sp³-hybridized carbons (Fsp3) is 0.400. The summed E-state index contributed by atoms with van der Waals surface area (Å²) in [6, 6.07) is 10.0. The van der Waals surface area contributed by atoms with Crippen LogP contribution in [0.5, 0.6) is 0 Å². The van der Waals surface area contributed by atoms with E-state index in [-0.39, 0.29) is 35.9 Å². The van der Waals surface area contributed by atoms with Gasteiger partial charge < -0.3 is 10.2 Å². The van der Waals surface area contributed by atoms with E-state index in [1.807, 2.05) is 6.92 Å². The average molecular weight is 554 g/mol. The summed E-state index contributed by atoms with van der Waals surface area (Å²) in [4.78, 5) is 40.5. The fourth-order valence-electron chi connectivity index (χ4n) is 4.05. The normalized spacial score (nSPS) is 14.9. The zero-order valence-corrected chi connectivity index (χ0v) is 22.5. The van der Waals surface area contributed by atoms with Crippen molar-refractivity contribution in [1.29, 1.82) is 0 Å². The number of amides is 3. The maximum Gasteiger partial charge on any atom is 0.269 e. The largest absolute Gasteiger partial charge is 0.354 e. The van der Waals surface area contributed by atoms with E-state index in [4.69, 9.17) is 23.2 Å². The minimum absolute atomic E-state index is 0.0233. The molecule has 2 aromatic carbocycles. The van der Waals surface area contributed by atoms with Crippen LogP contribution in [-0.2, 0) is 26.2 Å². The number of hydrogen-bond acceptors (Lipinski definition) is 5. The Morgan fingerprint density at radius 3 is 2.47 bits per heavy atom. The highest BCUT2D eigenvalue weighted by Crippen LogP contribution is 2.30. The SMILES string of the molecule is CCCCNC(=O)C(CC)N(Cc1ccc(Cl)cc1Cl)C(=O)CCN1C(=O)c2ccccc2S1(=O)=O. The van der Waals surface area contributed by atoms with Crippen LogP contribution in [0.25, 0.3) is 0 Å². The number of nitrogens with one attached hydrogen (secondary N) is 1. The number of sulfonamides is 1. The standard InChI is InChI=1S/C25H29Cl2N3O5S/c1-3-5-13-28-24(32)21(4-2)29(16-17-10-11-18(26)15-20(17)27)23(31)12-14-30-25(33)19-8-6-7-9-22(19)36(30,34)35/h6-11,15,21H,3-5,12-14,16H2,1-2H3,(H,28,32). The molecule has 36 heavy (non-hydrogen) atoms. The number of hydrogen-bond donors (Lipinski definition) is 1. The summed E-state index contributed by atoms with van der Waals surface area (Å²) in [6.45, 7) is 3.96. The third kappa shape index (κ3) is 6.02. The van der Waals surface area contributed by atoms with Crippen molar-refractivity contribution in [3.63, 3.8) is 0 Å². The molecule has 2 aromatic rings. The van der Waals surface area contributed by atoms with Crippen LogP contribution in [0.4, 0.5) is 0 Å². The second-order valence-corrected chi connectivity index (χ2v) is 11.1. The highest BCUT2D eigenvalue weighted by molar-refractivity contribution is 7.90. The molecule has 1 aliphatic heterocycles. The minimum atomic E-state index is -4.05. The molecule has 1 N–H and O–H groups in total. The zero-order chi connectivity index (χ0) is 26.5. The molecule has 1 aliphatic rings. The van der Waals surface area contributed by atoms with Crippen molar-refractivity contribution < 1.29 is 22.8 Å². The summed E-state index contributed by atoms with van der Waals surface area (Å²) in [7, 11) is -4.05. The number of unbranched alkanes of at least 4 members (excludes halogenated alkanes) is 1. The minimum Gasteiger partial charge on any atom is -0.354 e. The maximum absolute atomic E-state index is 13.5. The summed E-state index contributed by atoms with van der Waals surface area (Å²) < 4.78 is 26.5. The van der Waals surface area contributed by atoms with Crippen LogP contribution in [0, 0.1) is 0 Å². The molecule has 8 nitrogen and oxygen atoms in total. The van der Waals surface area contributed by atoms with E-state index in [1.165, 1.54) is 17.0 Å². The Balaban J connectivity index is 1.83. The van der Waals surface area contributed by atoms with Crippen molar-refractivity contribution in [2.75, 3.05) is 13.1 Å². The van der Waals surface area contributed by atoms with E-state index in [0.717, 1.165) is 12.8 Å². The Labute approximate surface area is 221 Å². The van der Waals surface area contributed by atoms with E-state index < -0.39 is 27.9 Å². The number of fused-ring (bicyclic) bond motifs is 1. The highest BCUT2D eigenvalue weighted by atomic mass is 35.5. The van der Waals surface area contributed by atoms with Gasteiger partial charge in [0.05, 0.1) is 5.56 Å². The molecule has 3 rings (SSSR count). The first-order valence-corrected chi connectivity index (χ1v) is 14.0. The topological polar surface area (TPSA) is 104 Å². The lowest BCUT2D eigenvalue weighted by molar-refractivity contribution is -0.141. The van der Waals surface area contributed by atoms with Crippen LogP contribution in [-0.4, -0.2) is 54.5 Å². The zero-order valence-electron chi connectivity index (χ0n) is 20.2. The van der Waals surface area contributed by atoms with Crippen molar-refractivity contribution in [3.8, 4) is 0 Å². The molecule has 1 atom stereocenters. The Hall–Kier alpha value is -2.62. The van der Waals surface area contributed by atoms with Gasteiger partial charge in [0, 0.05) is 36.1 Å². The van der Waals surface area contributed by atoms with Crippen molar-refractivity contribution >= 4 is 50.9 Å². The molecule has 3 amide bonds. The van der Waals surface area contributed by atoms with Gasteiger partial charge in [-0.05, 0) is 42.7 Å². The van der Waals surface area contributed by atoms with Crippen LogP contribution in [0.3, 0.4) is 0 Å². The quantitative estimate of drug-likeness (QED) is 0.419. The number of nitrogens with zero attached hydrogens (tertiary/aromatic N) is 2. The summed E-state index contributed by atoms with van der Waals surface area (Å²) >= 11 is 12.3. The Kier molecular flexibility index (Phi) is 9.38. The van der Waals surface area contributed by atoms with Crippen molar-refractivity contribution in [3.05, 3.63) is 63.6 Å². The fourth-order valence-corrected chi connectivity index (χ4v) is 6.09. The van der Waals surface area contributed by atoms with Crippen LogP contribution in [0.15, 0.2) is 47.4 Å². The third-order valence-corrected chi connectivity index (χ3v) is 8.44. The number of halogens is 2. The first-order valence-electron chi connectivity index (χ1n) is 11.8. The summed E-state index contributed by atoms with van der Waals surface area (Å²) in [5.41, 5.74) is 0.669. The van der Waals surface area contributed by atoms with Crippen molar-refractivity contribution in [1.82, 2.24) is 14.5 Å². The predicted molar refractivity (Wildman–Crippen MR) is 138 cm³/mol. The van der Waals surface area contributed by atoms with Gasteiger partial charge in [0.15, 0.2) is 0 Å². The number of benzene rings is 2. The molecule has 0 aromatic heterocycles. The highest BCUT2D eigenvalue weighted by Gasteiger charge is 2.41. The first-order chi connectivity index (χ1) is 17.1. The number of rotatable bonds is 11. The average Bonchev–Trinajstić information content (AvgIpc) is 3.04. The lowest BCUT2D eigenvalue weighted by atomic mass is 10.1. The maximum atomic E-state index is 13.5. The molecule has 0 saturated carbocycles. The molecule has 0 spiro atoms. The van der Waals surface area contributed by atoms with Crippen LogP contribution in [0.1, 0.15) is 55.5 Å². The van der Waals surface area contributed by atoms with Gasteiger partial charge in [0.25, 0.3) is 15.9 Å². The van der Waals surface area contributed by atoms with Crippen molar-refractivity contribution in [2.24, 2.45) is 0 Å². The molecule has 1 unspecified atom stereocenters. The van der Waals surface area contributed by atoms with E-state index in [0.29, 0.717) is 32.9 Å². The number of carbonyl (C=O) groups is 3. The lowest BCUT2D eigenvalue weighted by Crippen LogP contribution is -2.49. The molecule has 0 aliphatic carbocycles. The number of carbonyl (C=O) groups excluding carboxylic acids is 3.